The average molecular weight is 236 g/mol. The van der Waals surface area contributed by atoms with Crippen LogP contribution in [-0.4, -0.2) is 26.0 Å². The molecule has 1 fully saturated rings. The third kappa shape index (κ3) is 2.64. The van der Waals surface area contributed by atoms with Gasteiger partial charge in [0.25, 0.3) is 5.91 Å². The van der Waals surface area contributed by atoms with Gasteiger partial charge in [-0.1, -0.05) is 6.07 Å². The molecule has 1 aliphatic heterocycles. The molecule has 1 aromatic rings. The Morgan fingerprint density at radius 1 is 1.41 bits per heavy atom. The van der Waals surface area contributed by atoms with Crippen LogP contribution in [0.15, 0.2) is 18.2 Å². The van der Waals surface area contributed by atoms with Crippen LogP contribution < -0.4 is 10.6 Å². The quantitative estimate of drug-likeness (QED) is 0.819. The largest absolute Gasteiger partial charge is 0.355 e. The Balaban J connectivity index is 2.26. The number of benzene rings is 1. The summed E-state index contributed by atoms with van der Waals surface area (Å²) in [6.07, 6.45) is 2.08. The van der Waals surface area contributed by atoms with E-state index < -0.39 is 5.82 Å². The van der Waals surface area contributed by atoms with E-state index in [-0.39, 0.29) is 11.5 Å². The number of carbonyl (C=O) groups excluding carboxylic acids is 1. The number of halogens is 1. The predicted molar refractivity (Wildman–Crippen MR) is 64.6 cm³/mol. The molecule has 92 valence electrons. The molecule has 17 heavy (non-hydrogen) atoms. The molecular weight excluding hydrogens is 219 g/mol. The number of nitrogens with one attached hydrogen (secondary N) is 2. The molecule has 0 atom stereocenters. The van der Waals surface area contributed by atoms with Crippen LogP contribution in [0.4, 0.5) is 4.39 Å². The minimum Gasteiger partial charge on any atom is -0.355 e. The summed E-state index contributed by atoms with van der Waals surface area (Å²) in [7, 11) is 1.51. The Hall–Kier alpha value is -1.42. The number of hydrogen-bond acceptors (Lipinski definition) is 2. The lowest BCUT2D eigenvalue weighted by Crippen LogP contribution is -2.27. The van der Waals surface area contributed by atoms with Gasteiger partial charge in [0.05, 0.1) is 5.56 Å². The second-order valence-corrected chi connectivity index (χ2v) is 4.34. The van der Waals surface area contributed by atoms with Crippen molar-refractivity contribution in [2.45, 2.75) is 18.8 Å². The Bertz CT molecular complexity index is 414. The van der Waals surface area contributed by atoms with Crippen LogP contribution in [0.3, 0.4) is 0 Å². The molecule has 1 aromatic carbocycles. The lowest BCUT2D eigenvalue weighted by molar-refractivity contribution is 0.0959. The molecule has 3 nitrogen and oxygen atoms in total. The second-order valence-electron chi connectivity index (χ2n) is 4.34. The second kappa shape index (κ2) is 5.27. The molecule has 1 heterocycles. The minimum atomic E-state index is -0.456. The fourth-order valence-electron chi connectivity index (χ4n) is 2.26. The van der Waals surface area contributed by atoms with E-state index in [1.165, 1.54) is 13.1 Å². The fraction of sp³-hybridized carbons (Fsp3) is 0.462. The maximum absolute atomic E-state index is 13.5. The zero-order chi connectivity index (χ0) is 12.3. The highest BCUT2D eigenvalue weighted by molar-refractivity contribution is 5.94. The smallest absolute Gasteiger partial charge is 0.254 e. The van der Waals surface area contributed by atoms with E-state index in [0.717, 1.165) is 31.5 Å². The first-order chi connectivity index (χ1) is 8.22. The van der Waals surface area contributed by atoms with Crippen LogP contribution in [-0.2, 0) is 0 Å². The molecule has 0 unspecified atom stereocenters. The van der Waals surface area contributed by atoms with Crippen molar-refractivity contribution in [1.29, 1.82) is 0 Å². The van der Waals surface area contributed by atoms with Crippen molar-refractivity contribution in [1.82, 2.24) is 10.6 Å². The summed E-state index contributed by atoms with van der Waals surface area (Å²) in [5, 5.41) is 5.75. The predicted octanol–water partition coefficient (Wildman–Crippen LogP) is 1.65. The van der Waals surface area contributed by atoms with Gasteiger partial charge < -0.3 is 10.6 Å². The number of piperidine rings is 1. The highest BCUT2D eigenvalue weighted by Crippen LogP contribution is 2.26. The van der Waals surface area contributed by atoms with Crippen LogP contribution in [0.1, 0.15) is 34.7 Å². The minimum absolute atomic E-state index is 0.142. The molecule has 1 aliphatic rings. The van der Waals surface area contributed by atoms with Gasteiger partial charge in [-0.2, -0.15) is 0 Å². The highest BCUT2D eigenvalue weighted by Gasteiger charge is 2.18. The number of carbonyl (C=O) groups is 1. The molecule has 0 bridgehead atoms. The molecule has 0 aromatic heterocycles. The lowest BCUT2D eigenvalue weighted by Gasteiger charge is -2.23. The molecule has 1 saturated heterocycles. The third-order valence-corrected chi connectivity index (χ3v) is 3.27. The van der Waals surface area contributed by atoms with Gasteiger partial charge in [0.15, 0.2) is 0 Å². The molecule has 0 spiro atoms. The van der Waals surface area contributed by atoms with Crippen LogP contribution in [0.25, 0.3) is 0 Å². The summed E-state index contributed by atoms with van der Waals surface area (Å²) in [4.78, 5) is 11.5. The topological polar surface area (TPSA) is 41.1 Å². The van der Waals surface area contributed by atoms with Crippen molar-refractivity contribution < 1.29 is 9.18 Å². The first-order valence-corrected chi connectivity index (χ1v) is 5.94. The molecule has 0 radical (unpaired) electrons. The van der Waals surface area contributed by atoms with Crippen LogP contribution in [0.2, 0.25) is 0 Å². The molecule has 0 aliphatic carbocycles. The zero-order valence-electron chi connectivity index (χ0n) is 9.92. The number of hydrogen-bond donors (Lipinski definition) is 2. The Morgan fingerprint density at radius 2 is 2.12 bits per heavy atom. The average Bonchev–Trinajstić information content (AvgIpc) is 2.39. The van der Waals surface area contributed by atoms with Crippen molar-refractivity contribution in [2.24, 2.45) is 0 Å². The SMILES string of the molecule is CNC(=O)c1cc(C2CCNCC2)ccc1F. The van der Waals surface area contributed by atoms with Crippen molar-refractivity contribution in [2.75, 3.05) is 20.1 Å². The van der Waals surface area contributed by atoms with E-state index in [9.17, 15) is 9.18 Å². The van der Waals surface area contributed by atoms with Gasteiger partial charge in [-0.3, -0.25) is 4.79 Å². The van der Waals surface area contributed by atoms with Gasteiger partial charge in [-0.05, 0) is 49.5 Å². The molecule has 1 amide bonds. The highest BCUT2D eigenvalue weighted by atomic mass is 19.1. The molecule has 2 N–H and O–H groups in total. The van der Waals surface area contributed by atoms with Crippen LogP contribution >= 0.6 is 0 Å². The summed E-state index contributed by atoms with van der Waals surface area (Å²) < 4.78 is 13.5. The van der Waals surface area contributed by atoms with Crippen molar-refractivity contribution in [3.8, 4) is 0 Å². The van der Waals surface area contributed by atoms with Gasteiger partial charge in [-0.25, -0.2) is 4.39 Å². The van der Waals surface area contributed by atoms with E-state index in [0.29, 0.717) is 5.92 Å². The summed E-state index contributed by atoms with van der Waals surface area (Å²) in [6, 6.07) is 4.86. The zero-order valence-corrected chi connectivity index (χ0v) is 9.92. The van der Waals surface area contributed by atoms with Crippen LogP contribution in [0.5, 0.6) is 0 Å². The van der Waals surface area contributed by atoms with Crippen LogP contribution in [0, 0.1) is 5.82 Å². The number of rotatable bonds is 2. The van der Waals surface area contributed by atoms with Gasteiger partial charge in [0.1, 0.15) is 5.82 Å². The van der Waals surface area contributed by atoms with E-state index >= 15 is 0 Å². The van der Waals surface area contributed by atoms with E-state index in [1.807, 2.05) is 0 Å². The molecule has 0 saturated carbocycles. The first-order valence-electron chi connectivity index (χ1n) is 5.94. The molecule has 2 rings (SSSR count). The van der Waals surface area contributed by atoms with Gasteiger partial charge in [0, 0.05) is 7.05 Å². The maximum atomic E-state index is 13.5. The lowest BCUT2D eigenvalue weighted by atomic mass is 9.89. The van der Waals surface area contributed by atoms with E-state index in [1.54, 1.807) is 12.1 Å². The number of amides is 1. The fourth-order valence-corrected chi connectivity index (χ4v) is 2.26. The molecule has 4 heteroatoms. The van der Waals surface area contributed by atoms with Gasteiger partial charge >= 0.3 is 0 Å². The van der Waals surface area contributed by atoms with Crippen molar-refractivity contribution in [3.05, 3.63) is 35.1 Å². The third-order valence-electron chi connectivity index (χ3n) is 3.27. The summed E-state index contributed by atoms with van der Waals surface area (Å²) in [5.74, 6) is -0.388. The Morgan fingerprint density at radius 3 is 2.76 bits per heavy atom. The van der Waals surface area contributed by atoms with E-state index in [4.69, 9.17) is 0 Å². The summed E-state index contributed by atoms with van der Waals surface area (Å²) in [5.41, 5.74) is 1.20. The van der Waals surface area contributed by atoms with Crippen molar-refractivity contribution >= 4 is 5.91 Å². The van der Waals surface area contributed by atoms with Gasteiger partial charge in [0.2, 0.25) is 0 Å². The first kappa shape index (κ1) is 12.0. The maximum Gasteiger partial charge on any atom is 0.254 e. The Kier molecular flexibility index (Phi) is 3.74. The van der Waals surface area contributed by atoms with E-state index in [2.05, 4.69) is 10.6 Å². The summed E-state index contributed by atoms with van der Waals surface area (Å²) >= 11 is 0. The van der Waals surface area contributed by atoms with Crippen molar-refractivity contribution in [3.63, 3.8) is 0 Å². The van der Waals surface area contributed by atoms with Gasteiger partial charge in [-0.15, -0.1) is 0 Å². The Labute approximate surface area is 100 Å². The normalized spacial score (nSPS) is 16.8. The summed E-state index contributed by atoms with van der Waals surface area (Å²) in [6.45, 7) is 1.97. The standard InChI is InChI=1S/C13H17FN2O/c1-15-13(17)11-8-10(2-3-12(11)14)9-4-6-16-7-5-9/h2-3,8-9,16H,4-7H2,1H3,(H,15,17). The monoisotopic (exact) mass is 236 g/mol. The molecular formula is C13H17FN2O.